The smallest absolute Gasteiger partial charge is 0.185 e. The van der Waals surface area contributed by atoms with Crippen molar-refractivity contribution < 1.29 is 9.90 Å². The average Bonchev–Trinajstić information content (AvgIpc) is 2.92. The number of β-amino-alcohol motifs (C(OH)–C–C–N with tert-alkyl or cyclic N) is 1. The minimum atomic E-state index is -0.415. The molecule has 1 N–H and O–H groups in total. The number of likely N-dealkylation sites (tertiary alicyclic amines) is 1. The van der Waals surface area contributed by atoms with Gasteiger partial charge in [-0.05, 0) is 44.1 Å². The van der Waals surface area contributed by atoms with E-state index in [2.05, 4.69) is 21.6 Å². The van der Waals surface area contributed by atoms with Crippen molar-refractivity contribution in [3.05, 3.63) is 78.0 Å². The van der Waals surface area contributed by atoms with Gasteiger partial charge in [-0.2, -0.15) is 0 Å². The molecule has 1 atom stereocenters. The molecule has 1 aliphatic heterocycles. The van der Waals surface area contributed by atoms with Crippen LogP contribution in [0.1, 0.15) is 41.6 Å². The van der Waals surface area contributed by atoms with E-state index in [4.69, 9.17) is 0 Å². The van der Waals surface area contributed by atoms with Crippen molar-refractivity contribution in [2.45, 2.75) is 38.3 Å². The summed E-state index contributed by atoms with van der Waals surface area (Å²) < 4.78 is 2.12. The number of aliphatic hydroxyl groups is 1. The molecule has 0 radical (unpaired) electrons. The number of hydrogen-bond donors (Lipinski definition) is 1. The Bertz CT molecular complexity index is 998. The lowest BCUT2D eigenvalue weighted by Gasteiger charge is -2.23. The summed E-state index contributed by atoms with van der Waals surface area (Å²) >= 11 is 0. The van der Waals surface area contributed by atoms with Crippen molar-refractivity contribution in [1.29, 1.82) is 0 Å². The number of carbonyl (C=O) groups excluding carboxylic acids is 1. The van der Waals surface area contributed by atoms with Gasteiger partial charge in [-0.25, -0.2) is 0 Å². The van der Waals surface area contributed by atoms with Gasteiger partial charge in [0.25, 0.3) is 0 Å². The topological polar surface area (TPSA) is 45.5 Å². The number of aliphatic hydroxyl groups excluding tert-OH is 1. The lowest BCUT2D eigenvalue weighted by atomic mass is 10.1. The maximum atomic E-state index is 12.4. The highest BCUT2D eigenvalue weighted by Gasteiger charge is 2.16. The zero-order valence-electron chi connectivity index (χ0n) is 17.4. The molecule has 0 spiro atoms. The minimum absolute atomic E-state index is 0.00590. The molecular weight excluding hydrogens is 372 g/mol. The van der Waals surface area contributed by atoms with Crippen LogP contribution in [0.5, 0.6) is 0 Å². The first kappa shape index (κ1) is 20.6. The monoisotopic (exact) mass is 402 g/mol. The highest BCUT2D eigenvalue weighted by molar-refractivity contribution is 6.07. The highest BCUT2D eigenvalue weighted by Crippen LogP contribution is 2.23. The molecule has 0 saturated carbocycles. The Hall–Kier alpha value is -2.69. The highest BCUT2D eigenvalue weighted by atomic mass is 16.3. The fourth-order valence-electron chi connectivity index (χ4n) is 4.32. The second-order valence-electron chi connectivity index (χ2n) is 8.19. The van der Waals surface area contributed by atoms with Gasteiger partial charge in [0.1, 0.15) is 0 Å². The van der Waals surface area contributed by atoms with E-state index in [1.54, 1.807) is 6.08 Å². The summed E-state index contributed by atoms with van der Waals surface area (Å²) in [7, 11) is 0. The molecule has 1 aromatic heterocycles. The van der Waals surface area contributed by atoms with Crippen LogP contribution in [0.15, 0.2) is 66.9 Å². The van der Waals surface area contributed by atoms with Crippen LogP contribution in [0.3, 0.4) is 0 Å². The first-order chi connectivity index (χ1) is 14.7. The normalized spacial score (nSPS) is 16.7. The van der Waals surface area contributed by atoms with Gasteiger partial charge in [0.05, 0.1) is 6.10 Å². The van der Waals surface area contributed by atoms with Crippen LogP contribution in [0.4, 0.5) is 0 Å². The van der Waals surface area contributed by atoms with Crippen LogP contribution in [-0.2, 0) is 6.54 Å². The Labute approximate surface area is 178 Å². The zero-order valence-corrected chi connectivity index (χ0v) is 17.4. The Balaban J connectivity index is 1.50. The van der Waals surface area contributed by atoms with Crippen molar-refractivity contribution >= 4 is 22.8 Å². The quantitative estimate of drug-likeness (QED) is 0.457. The molecule has 4 rings (SSSR count). The van der Waals surface area contributed by atoms with Crippen molar-refractivity contribution in [3.63, 3.8) is 0 Å². The van der Waals surface area contributed by atoms with E-state index in [1.165, 1.54) is 25.7 Å². The second-order valence-corrected chi connectivity index (χ2v) is 8.19. The molecule has 1 aliphatic rings. The Kier molecular flexibility index (Phi) is 6.77. The Morgan fingerprint density at radius 3 is 2.40 bits per heavy atom. The molecule has 0 amide bonds. The molecular formula is C26H30N2O2. The molecule has 0 bridgehead atoms. The second kappa shape index (κ2) is 9.88. The van der Waals surface area contributed by atoms with Crippen LogP contribution < -0.4 is 0 Å². The summed E-state index contributed by atoms with van der Waals surface area (Å²) in [6.07, 6.45) is 10.2. The van der Waals surface area contributed by atoms with E-state index < -0.39 is 6.10 Å². The van der Waals surface area contributed by atoms with Gasteiger partial charge in [0, 0.05) is 41.3 Å². The fourth-order valence-corrected chi connectivity index (χ4v) is 4.32. The summed E-state index contributed by atoms with van der Waals surface area (Å²) in [5, 5.41) is 11.8. The third-order valence-electron chi connectivity index (χ3n) is 5.87. The van der Waals surface area contributed by atoms with Crippen molar-refractivity contribution in [1.82, 2.24) is 9.47 Å². The summed E-state index contributed by atoms with van der Waals surface area (Å²) in [6.45, 7) is 3.43. The lowest BCUT2D eigenvalue weighted by Crippen LogP contribution is -2.35. The Morgan fingerprint density at radius 1 is 0.933 bits per heavy atom. The molecule has 2 heterocycles. The van der Waals surface area contributed by atoms with E-state index in [9.17, 15) is 9.90 Å². The molecule has 3 aromatic rings. The third kappa shape index (κ3) is 5.07. The maximum absolute atomic E-state index is 12.4. The minimum Gasteiger partial charge on any atom is -0.390 e. The standard InChI is InChI=1S/C26H30N2O2/c29-23(19-27-16-8-1-2-9-17-27)20-28-18-22(24-12-6-7-13-25(24)28)14-15-26(30)21-10-4-3-5-11-21/h3-7,10-15,18,23,29H,1-2,8-9,16-17,19-20H2. The summed E-state index contributed by atoms with van der Waals surface area (Å²) in [5.41, 5.74) is 2.77. The fraction of sp³-hybridized carbons (Fsp3) is 0.346. The van der Waals surface area contributed by atoms with Crippen molar-refractivity contribution in [3.8, 4) is 0 Å². The van der Waals surface area contributed by atoms with Crippen LogP contribution in [0.25, 0.3) is 17.0 Å². The predicted molar refractivity (Wildman–Crippen MR) is 123 cm³/mol. The van der Waals surface area contributed by atoms with Gasteiger partial charge in [0.15, 0.2) is 5.78 Å². The van der Waals surface area contributed by atoms with E-state index in [0.717, 1.165) is 29.6 Å². The first-order valence-electron chi connectivity index (χ1n) is 11.0. The molecule has 0 aliphatic carbocycles. The van der Waals surface area contributed by atoms with Crippen molar-refractivity contribution in [2.24, 2.45) is 0 Å². The lowest BCUT2D eigenvalue weighted by molar-refractivity contribution is 0.101. The number of rotatable bonds is 7. The van der Waals surface area contributed by atoms with Gasteiger partial charge in [-0.3, -0.25) is 4.79 Å². The molecule has 4 heteroatoms. The number of allylic oxidation sites excluding steroid dienone is 1. The Morgan fingerprint density at radius 2 is 1.63 bits per heavy atom. The van der Waals surface area contributed by atoms with Gasteiger partial charge >= 0.3 is 0 Å². The number of benzene rings is 2. The number of fused-ring (bicyclic) bond motifs is 1. The van der Waals surface area contributed by atoms with E-state index >= 15 is 0 Å². The molecule has 2 aromatic carbocycles. The van der Waals surface area contributed by atoms with E-state index in [-0.39, 0.29) is 5.78 Å². The molecule has 1 saturated heterocycles. The molecule has 4 nitrogen and oxygen atoms in total. The van der Waals surface area contributed by atoms with E-state index in [1.807, 2.05) is 54.7 Å². The number of hydrogen-bond acceptors (Lipinski definition) is 3. The average molecular weight is 403 g/mol. The van der Waals surface area contributed by atoms with Crippen LogP contribution in [0, 0.1) is 0 Å². The third-order valence-corrected chi connectivity index (χ3v) is 5.87. The van der Waals surface area contributed by atoms with Gasteiger partial charge in [0.2, 0.25) is 0 Å². The number of para-hydroxylation sites is 1. The molecule has 156 valence electrons. The van der Waals surface area contributed by atoms with Crippen molar-refractivity contribution in [2.75, 3.05) is 19.6 Å². The van der Waals surface area contributed by atoms with Crippen LogP contribution in [-0.4, -0.2) is 46.1 Å². The zero-order chi connectivity index (χ0) is 20.8. The SMILES string of the molecule is O=C(C=Cc1cn(CC(O)CN2CCCCCC2)c2ccccc12)c1ccccc1. The summed E-state index contributed by atoms with van der Waals surface area (Å²) in [5.74, 6) is -0.00590. The predicted octanol–water partition coefficient (Wildman–Crippen LogP) is 4.77. The van der Waals surface area contributed by atoms with E-state index in [0.29, 0.717) is 18.7 Å². The summed E-state index contributed by atoms with van der Waals surface area (Å²) in [6, 6.07) is 17.5. The first-order valence-corrected chi connectivity index (χ1v) is 11.0. The number of nitrogens with zero attached hydrogens (tertiary/aromatic N) is 2. The molecule has 30 heavy (non-hydrogen) atoms. The number of carbonyl (C=O) groups is 1. The van der Waals surface area contributed by atoms with Gasteiger partial charge in [-0.15, -0.1) is 0 Å². The van der Waals surface area contributed by atoms with Gasteiger partial charge < -0.3 is 14.6 Å². The maximum Gasteiger partial charge on any atom is 0.185 e. The summed E-state index contributed by atoms with van der Waals surface area (Å²) in [4.78, 5) is 14.8. The molecule has 1 fully saturated rings. The molecule has 1 unspecified atom stereocenters. The van der Waals surface area contributed by atoms with Gasteiger partial charge in [-0.1, -0.05) is 61.4 Å². The largest absolute Gasteiger partial charge is 0.390 e. The van der Waals surface area contributed by atoms with Crippen LogP contribution >= 0.6 is 0 Å². The number of aromatic nitrogens is 1. The number of ketones is 1. The van der Waals surface area contributed by atoms with Crippen LogP contribution in [0.2, 0.25) is 0 Å².